The van der Waals surface area contributed by atoms with Crippen LogP contribution in [0, 0.1) is 23.0 Å². The Morgan fingerprint density at radius 2 is 1.96 bits per heavy atom. The normalized spacial score (nSPS) is 16.5. The number of nitrogens with one attached hydrogen (secondary N) is 1. The molecule has 132 valence electrons. The van der Waals surface area contributed by atoms with E-state index in [0.717, 1.165) is 49.0 Å². The van der Waals surface area contributed by atoms with E-state index >= 15 is 0 Å². The molecule has 0 atom stereocenters. The van der Waals surface area contributed by atoms with Crippen molar-refractivity contribution in [2.24, 2.45) is 0 Å². The predicted octanol–water partition coefficient (Wildman–Crippen LogP) is 3.15. The van der Waals surface area contributed by atoms with E-state index in [-0.39, 0.29) is 5.69 Å². The maximum Gasteiger partial charge on any atom is 0.200 e. The molecule has 7 heteroatoms. The van der Waals surface area contributed by atoms with Crippen LogP contribution in [0.5, 0.6) is 5.75 Å². The molecular formula is C19H16F2N4O. The molecule has 1 aliphatic heterocycles. The van der Waals surface area contributed by atoms with E-state index in [1.165, 1.54) is 4.68 Å². The van der Waals surface area contributed by atoms with Crippen LogP contribution in [0.3, 0.4) is 0 Å². The van der Waals surface area contributed by atoms with Crippen molar-refractivity contribution in [1.82, 2.24) is 15.1 Å². The summed E-state index contributed by atoms with van der Waals surface area (Å²) in [6.45, 7) is 1.58. The summed E-state index contributed by atoms with van der Waals surface area (Å²) in [6, 6.07) is 10.2. The SMILES string of the molecule is N#CC1(c2ccc3c(cnn3-c3cc(O)c(F)c(F)c3)c2)CCNCC1. The first-order valence-electron chi connectivity index (χ1n) is 8.33. The molecule has 0 saturated carbocycles. The van der Waals surface area contributed by atoms with E-state index in [0.29, 0.717) is 5.52 Å². The number of hydrogen-bond acceptors (Lipinski definition) is 4. The summed E-state index contributed by atoms with van der Waals surface area (Å²) in [5, 5.41) is 27.6. The highest BCUT2D eigenvalue weighted by molar-refractivity contribution is 5.81. The first kappa shape index (κ1) is 16.5. The molecule has 0 spiro atoms. The van der Waals surface area contributed by atoms with Crippen molar-refractivity contribution in [3.63, 3.8) is 0 Å². The van der Waals surface area contributed by atoms with Crippen LogP contribution >= 0.6 is 0 Å². The van der Waals surface area contributed by atoms with Crippen molar-refractivity contribution in [3.05, 3.63) is 53.7 Å². The van der Waals surface area contributed by atoms with Gasteiger partial charge in [-0.05, 0) is 43.6 Å². The number of halogens is 2. The Balaban J connectivity index is 1.80. The van der Waals surface area contributed by atoms with Crippen LogP contribution in [0.1, 0.15) is 18.4 Å². The number of rotatable bonds is 2. The highest BCUT2D eigenvalue weighted by atomic mass is 19.2. The van der Waals surface area contributed by atoms with Crippen molar-refractivity contribution in [1.29, 1.82) is 5.26 Å². The van der Waals surface area contributed by atoms with Crippen LogP contribution in [0.15, 0.2) is 36.5 Å². The molecule has 1 saturated heterocycles. The van der Waals surface area contributed by atoms with Gasteiger partial charge in [-0.25, -0.2) is 9.07 Å². The lowest BCUT2D eigenvalue weighted by molar-refractivity contribution is 0.383. The summed E-state index contributed by atoms with van der Waals surface area (Å²) in [5.41, 5.74) is 1.31. The van der Waals surface area contributed by atoms with Gasteiger partial charge in [0.15, 0.2) is 17.4 Å². The number of benzene rings is 2. The molecular weight excluding hydrogens is 338 g/mol. The lowest BCUT2D eigenvalue weighted by atomic mass is 9.74. The summed E-state index contributed by atoms with van der Waals surface area (Å²) >= 11 is 0. The minimum absolute atomic E-state index is 0.223. The quantitative estimate of drug-likeness (QED) is 0.741. The minimum atomic E-state index is -1.28. The van der Waals surface area contributed by atoms with Gasteiger partial charge in [-0.2, -0.15) is 14.8 Å². The number of fused-ring (bicyclic) bond motifs is 1. The number of aromatic nitrogens is 2. The number of phenolic OH excluding ortho intramolecular Hbond substituents is 1. The Kier molecular flexibility index (Phi) is 3.85. The van der Waals surface area contributed by atoms with Crippen molar-refractivity contribution in [3.8, 4) is 17.5 Å². The first-order chi connectivity index (χ1) is 12.5. The lowest BCUT2D eigenvalue weighted by Gasteiger charge is -2.31. The topological polar surface area (TPSA) is 73.9 Å². The highest BCUT2D eigenvalue weighted by Gasteiger charge is 2.34. The second kappa shape index (κ2) is 6.07. The number of phenols is 1. The molecule has 3 aromatic rings. The third-order valence-electron chi connectivity index (χ3n) is 5.03. The average molecular weight is 354 g/mol. The fourth-order valence-corrected chi connectivity index (χ4v) is 3.54. The number of aromatic hydroxyl groups is 1. The van der Waals surface area contributed by atoms with E-state index in [9.17, 15) is 19.1 Å². The van der Waals surface area contributed by atoms with Crippen molar-refractivity contribution < 1.29 is 13.9 Å². The van der Waals surface area contributed by atoms with E-state index in [4.69, 9.17) is 0 Å². The van der Waals surface area contributed by atoms with Gasteiger partial charge >= 0.3 is 0 Å². The summed E-state index contributed by atoms with van der Waals surface area (Å²) in [6.07, 6.45) is 3.09. The maximum absolute atomic E-state index is 13.6. The molecule has 0 bridgehead atoms. The maximum atomic E-state index is 13.6. The van der Waals surface area contributed by atoms with Crippen LogP contribution < -0.4 is 5.32 Å². The summed E-state index contributed by atoms with van der Waals surface area (Å²) in [5.74, 6) is -3.19. The first-order valence-corrected chi connectivity index (χ1v) is 8.33. The molecule has 2 N–H and O–H groups in total. The van der Waals surface area contributed by atoms with Crippen LogP contribution in [0.4, 0.5) is 8.78 Å². The van der Waals surface area contributed by atoms with Gasteiger partial charge in [0.2, 0.25) is 0 Å². The second-order valence-electron chi connectivity index (χ2n) is 6.53. The molecule has 1 aromatic heterocycles. The Morgan fingerprint density at radius 1 is 1.19 bits per heavy atom. The van der Waals surface area contributed by atoms with Crippen molar-refractivity contribution >= 4 is 10.9 Å². The zero-order valence-corrected chi connectivity index (χ0v) is 13.8. The van der Waals surface area contributed by atoms with Gasteiger partial charge in [0.1, 0.15) is 0 Å². The standard InChI is InChI=1S/C19H16F2N4O/c20-15-8-14(9-17(26)18(15)21)25-16-2-1-13(7-12(16)10-24-25)19(11-22)3-5-23-6-4-19/h1-2,7-10,23,26H,3-6H2. The summed E-state index contributed by atoms with van der Waals surface area (Å²) in [4.78, 5) is 0. The molecule has 0 amide bonds. The van der Waals surface area contributed by atoms with E-state index in [1.54, 1.807) is 6.20 Å². The third-order valence-corrected chi connectivity index (χ3v) is 5.03. The zero-order valence-electron chi connectivity index (χ0n) is 13.8. The number of piperidine rings is 1. The molecule has 0 unspecified atom stereocenters. The van der Waals surface area contributed by atoms with Crippen LogP contribution in [0.25, 0.3) is 16.6 Å². The molecule has 2 heterocycles. The monoisotopic (exact) mass is 354 g/mol. The number of nitrogens with zero attached hydrogens (tertiary/aromatic N) is 3. The largest absolute Gasteiger partial charge is 0.505 e. The third kappa shape index (κ3) is 2.50. The number of hydrogen-bond donors (Lipinski definition) is 2. The van der Waals surface area contributed by atoms with E-state index in [2.05, 4.69) is 16.5 Å². The minimum Gasteiger partial charge on any atom is -0.505 e. The van der Waals surface area contributed by atoms with Gasteiger partial charge in [-0.15, -0.1) is 0 Å². The van der Waals surface area contributed by atoms with Crippen molar-refractivity contribution in [2.45, 2.75) is 18.3 Å². The van der Waals surface area contributed by atoms with Crippen molar-refractivity contribution in [2.75, 3.05) is 13.1 Å². The lowest BCUT2D eigenvalue weighted by Crippen LogP contribution is -2.38. The van der Waals surface area contributed by atoms with Gasteiger partial charge in [0.05, 0.1) is 28.9 Å². The predicted molar refractivity (Wildman–Crippen MR) is 92.0 cm³/mol. The van der Waals surface area contributed by atoms with Gasteiger partial charge in [-0.3, -0.25) is 0 Å². The van der Waals surface area contributed by atoms with Gasteiger partial charge in [0, 0.05) is 17.5 Å². The van der Waals surface area contributed by atoms with Crippen LogP contribution in [0.2, 0.25) is 0 Å². The second-order valence-corrected chi connectivity index (χ2v) is 6.53. The summed E-state index contributed by atoms with van der Waals surface area (Å²) < 4.78 is 28.4. The Labute approximate surface area is 148 Å². The number of nitriles is 1. The molecule has 0 radical (unpaired) electrons. The fraction of sp³-hybridized carbons (Fsp3) is 0.263. The fourth-order valence-electron chi connectivity index (χ4n) is 3.54. The Morgan fingerprint density at radius 3 is 2.65 bits per heavy atom. The van der Waals surface area contributed by atoms with Gasteiger partial charge in [0.25, 0.3) is 0 Å². The summed E-state index contributed by atoms with van der Waals surface area (Å²) in [7, 11) is 0. The Hall–Kier alpha value is -2.98. The van der Waals surface area contributed by atoms with Crippen LogP contribution in [-0.2, 0) is 5.41 Å². The van der Waals surface area contributed by atoms with Gasteiger partial charge < -0.3 is 10.4 Å². The molecule has 4 rings (SSSR count). The Bertz CT molecular complexity index is 1010. The highest BCUT2D eigenvalue weighted by Crippen LogP contribution is 2.35. The smallest absolute Gasteiger partial charge is 0.200 e. The molecule has 1 fully saturated rings. The molecule has 1 aliphatic rings. The molecule has 5 nitrogen and oxygen atoms in total. The molecule has 0 aliphatic carbocycles. The molecule has 26 heavy (non-hydrogen) atoms. The molecule has 2 aromatic carbocycles. The van der Waals surface area contributed by atoms with E-state index in [1.807, 2.05) is 18.2 Å². The van der Waals surface area contributed by atoms with Crippen LogP contribution in [-0.4, -0.2) is 28.0 Å². The van der Waals surface area contributed by atoms with E-state index < -0.39 is 22.8 Å². The zero-order chi connectivity index (χ0) is 18.3. The average Bonchev–Trinajstić information content (AvgIpc) is 3.09. The van der Waals surface area contributed by atoms with Gasteiger partial charge in [-0.1, -0.05) is 6.07 Å².